The maximum atomic E-state index is 11.9. The number of hydrogen-bond acceptors (Lipinski definition) is 3. The van der Waals surface area contributed by atoms with Crippen molar-refractivity contribution < 1.29 is 19.5 Å². The van der Waals surface area contributed by atoms with Crippen LogP contribution < -0.4 is 10.6 Å². The van der Waals surface area contributed by atoms with Gasteiger partial charge in [0.25, 0.3) is 5.91 Å². The standard InChI is InChI=1S/C11H16N2O4/c1-5(2)4-11(7-3-6(7)8(14)15)9(16)12-10(17)13-11/h5-7H,3-4H2,1-2H3,(H,14,15)(H2,12,13,16,17)/t6-,7-,11?/m0/s1. The number of urea groups is 1. The number of rotatable bonds is 4. The fraction of sp³-hybridized carbons (Fsp3) is 0.727. The van der Waals surface area contributed by atoms with Crippen molar-refractivity contribution in [1.82, 2.24) is 10.6 Å². The molecule has 1 heterocycles. The molecule has 1 aliphatic heterocycles. The zero-order valence-electron chi connectivity index (χ0n) is 9.82. The zero-order chi connectivity index (χ0) is 12.8. The lowest BCUT2D eigenvalue weighted by atomic mass is 9.83. The number of amides is 3. The molecule has 2 fully saturated rings. The van der Waals surface area contributed by atoms with Crippen molar-refractivity contribution in [2.24, 2.45) is 17.8 Å². The molecule has 1 aliphatic carbocycles. The van der Waals surface area contributed by atoms with E-state index >= 15 is 0 Å². The van der Waals surface area contributed by atoms with Crippen molar-refractivity contribution >= 4 is 17.9 Å². The predicted octanol–water partition coefficient (Wildman–Crippen LogP) is 0.331. The summed E-state index contributed by atoms with van der Waals surface area (Å²) in [6, 6.07) is -0.522. The predicted molar refractivity (Wildman–Crippen MR) is 58.1 cm³/mol. The highest BCUT2D eigenvalue weighted by Crippen LogP contribution is 2.50. The lowest BCUT2D eigenvalue weighted by molar-refractivity contribution is -0.139. The quantitative estimate of drug-likeness (QED) is 0.617. The van der Waals surface area contributed by atoms with Crippen molar-refractivity contribution in [3.63, 3.8) is 0 Å². The number of imide groups is 1. The molecule has 94 valence electrons. The average Bonchev–Trinajstić information content (AvgIpc) is 2.90. The van der Waals surface area contributed by atoms with Gasteiger partial charge < -0.3 is 10.4 Å². The molecule has 3 atom stereocenters. The summed E-state index contributed by atoms with van der Waals surface area (Å²) in [5.74, 6) is -1.88. The maximum Gasteiger partial charge on any atom is 0.322 e. The summed E-state index contributed by atoms with van der Waals surface area (Å²) in [6.45, 7) is 3.88. The lowest BCUT2D eigenvalue weighted by Crippen LogP contribution is -2.50. The van der Waals surface area contributed by atoms with Crippen LogP contribution in [0.2, 0.25) is 0 Å². The summed E-state index contributed by atoms with van der Waals surface area (Å²) in [5.41, 5.74) is -1.02. The van der Waals surface area contributed by atoms with E-state index in [4.69, 9.17) is 5.11 Å². The normalized spacial score (nSPS) is 35.7. The van der Waals surface area contributed by atoms with E-state index in [9.17, 15) is 14.4 Å². The van der Waals surface area contributed by atoms with Gasteiger partial charge in [0.05, 0.1) is 5.92 Å². The number of carboxylic acid groups (broad SMARTS) is 1. The Bertz CT molecular complexity index is 393. The monoisotopic (exact) mass is 240 g/mol. The Hall–Kier alpha value is -1.59. The van der Waals surface area contributed by atoms with Gasteiger partial charge in [0, 0.05) is 5.92 Å². The Balaban J connectivity index is 2.23. The van der Waals surface area contributed by atoms with Gasteiger partial charge in [-0.1, -0.05) is 13.8 Å². The molecule has 3 amide bonds. The largest absolute Gasteiger partial charge is 0.481 e. The van der Waals surface area contributed by atoms with Crippen molar-refractivity contribution in [2.75, 3.05) is 0 Å². The van der Waals surface area contributed by atoms with Crippen molar-refractivity contribution in [2.45, 2.75) is 32.2 Å². The molecular formula is C11H16N2O4. The van der Waals surface area contributed by atoms with E-state index in [1.165, 1.54) is 0 Å². The summed E-state index contributed by atoms with van der Waals surface area (Å²) < 4.78 is 0. The van der Waals surface area contributed by atoms with Crippen LogP contribution in [0.5, 0.6) is 0 Å². The van der Waals surface area contributed by atoms with E-state index in [0.717, 1.165) is 0 Å². The van der Waals surface area contributed by atoms with Crippen LogP contribution in [0.3, 0.4) is 0 Å². The summed E-state index contributed by atoms with van der Waals surface area (Å²) in [7, 11) is 0. The Kier molecular flexibility index (Phi) is 2.60. The molecule has 1 saturated carbocycles. The molecule has 1 unspecified atom stereocenters. The molecule has 3 N–H and O–H groups in total. The van der Waals surface area contributed by atoms with Gasteiger partial charge in [-0.25, -0.2) is 4.79 Å². The molecular weight excluding hydrogens is 224 g/mol. The first kappa shape index (κ1) is 11.9. The van der Waals surface area contributed by atoms with Crippen LogP contribution in [0.1, 0.15) is 26.7 Å². The first-order valence-electron chi connectivity index (χ1n) is 5.73. The molecule has 0 aromatic carbocycles. The van der Waals surface area contributed by atoms with Gasteiger partial charge in [-0.3, -0.25) is 14.9 Å². The topological polar surface area (TPSA) is 95.5 Å². The van der Waals surface area contributed by atoms with Gasteiger partial charge in [0.2, 0.25) is 0 Å². The maximum absolute atomic E-state index is 11.9. The van der Waals surface area contributed by atoms with Crippen LogP contribution in [-0.4, -0.2) is 28.6 Å². The minimum Gasteiger partial charge on any atom is -0.481 e. The van der Waals surface area contributed by atoms with Gasteiger partial charge >= 0.3 is 12.0 Å². The van der Waals surface area contributed by atoms with Crippen LogP contribution in [0.25, 0.3) is 0 Å². The fourth-order valence-corrected chi connectivity index (χ4v) is 2.72. The van der Waals surface area contributed by atoms with Gasteiger partial charge in [-0.15, -0.1) is 0 Å². The second-order valence-corrected chi connectivity index (χ2v) is 5.26. The third-order valence-electron chi connectivity index (χ3n) is 3.44. The average molecular weight is 240 g/mol. The van der Waals surface area contributed by atoms with Crippen molar-refractivity contribution in [1.29, 1.82) is 0 Å². The molecule has 1 saturated heterocycles. The highest BCUT2D eigenvalue weighted by molar-refractivity contribution is 6.07. The van der Waals surface area contributed by atoms with Gasteiger partial charge in [0.15, 0.2) is 0 Å². The minimum absolute atomic E-state index is 0.203. The minimum atomic E-state index is -1.02. The van der Waals surface area contributed by atoms with Crippen LogP contribution in [0.15, 0.2) is 0 Å². The SMILES string of the molecule is CC(C)CC1([C@H]2C[C@@H]2C(=O)O)NC(=O)NC1=O. The highest BCUT2D eigenvalue weighted by Gasteiger charge is 2.63. The number of carbonyl (C=O) groups is 3. The molecule has 6 nitrogen and oxygen atoms in total. The molecule has 0 bridgehead atoms. The van der Waals surface area contributed by atoms with Crippen LogP contribution in [0, 0.1) is 17.8 Å². The molecule has 6 heteroatoms. The van der Waals surface area contributed by atoms with Gasteiger partial charge in [-0.05, 0) is 18.8 Å². The number of aliphatic carboxylic acids is 1. The first-order valence-corrected chi connectivity index (χ1v) is 5.73. The Morgan fingerprint density at radius 1 is 1.53 bits per heavy atom. The Morgan fingerprint density at radius 3 is 2.53 bits per heavy atom. The number of carbonyl (C=O) groups excluding carboxylic acids is 2. The van der Waals surface area contributed by atoms with E-state index in [1.54, 1.807) is 0 Å². The third-order valence-corrected chi connectivity index (χ3v) is 3.44. The van der Waals surface area contributed by atoms with Crippen molar-refractivity contribution in [3.8, 4) is 0 Å². The molecule has 0 aromatic heterocycles. The Labute approximate surface area is 98.8 Å². The summed E-state index contributed by atoms with van der Waals surface area (Å²) in [6.07, 6.45) is 0.925. The first-order chi connectivity index (χ1) is 7.86. The second kappa shape index (κ2) is 3.72. The lowest BCUT2D eigenvalue weighted by Gasteiger charge is -2.28. The summed E-state index contributed by atoms with van der Waals surface area (Å²) >= 11 is 0. The molecule has 2 aliphatic rings. The van der Waals surface area contributed by atoms with E-state index in [0.29, 0.717) is 12.8 Å². The number of carboxylic acids is 1. The number of hydrogen-bond donors (Lipinski definition) is 3. The summed E-state index contributed by atoms with van der Waals surface area (Å²) in [5, 5.41) is 13.8. The van der Waals surface area contributed by atoms with Crippen LogP contribution in [-0.2, 0) is 9.59 Å². The number of nitrogens with one attached hydrogen (secondary N) is 2. The van der Waals surface area contributed by atoms with E-state index < -0.39 is 23.5 Å². The van der Waals surface area contributed by atoms with Crippen LogP contribution in [0.4, 0.5) is 4.79 Å². The second-order valence-electron chi connectivity index (χ2n) is 5.26. The summed E-state index contributed by atoms with van der Waals surface area (Å²) in [4.78, 5) is 34.1. The van der Waals surface area contributed by atoms with E-state index in [2.05, 4.69) is 10.6 Å². The van der Waals surface area contributed by atoms with Gasteiger partial charge in [0.1, 0.15) is 5.54 Å². The highest BCUT2D eigenvalue weighted by atomic mass is 16.4. The molecule has 0 radical (unpaired) electrons. The fourth-order valence-electron chi connectivity index (χ4n) is 2.72. The molecule has 17 heavy (non-hydrogen) atoms. The smallest absolute Gasteiger partial charge is 0.322 e. The van der Waals surface area contributed by atoms with E-state index in [1.807, 2.05) is 13.8 Å². The molecule has 2 rings (SSSR count). The van der Waals surface area contributed by atoms with E-state index in [-0.39, 0.29) is 17.7 Å². The molecule has 0 aromatic rings. The van der Waals surface area contributed by atoms with Crippen LogP contribution >= 0.6 is 0 Å². The zero-order valence-corrected chi connectivity index (χ0v) is 9.82. The van der Waals surface area contributed by atoms with Gasteiger partial charge in [-0.2, -0.15) is 0 Å². The molecule has 0 spiro atoms. The third kappa shape index (κ3) is 1.87. The van der Waals surface area contributed by atoms with Crippen molar-refractivity contribution in [3.05, 3.63) is 0 Å². The Morgan fingerprint density at radius 2 is 2.18 bits per heavy atom.